The van der Waals surface area contributed by atoms with Crippen LogP contribution in [0.3, 0.4) is 0 Å². The molecule has 0 heterocycles. The predicted molar refractivity (Wildman–Crippen MR) is 71.6 cm³/mol. The molecule has 0 aliphatic heterocycles. The number of nitrogens with zero attached hydrogens (tertiary/aromatic N) is 1. The fraction of sp³-hybridized carbons (Fsp3) is 0.533. The number of aryl methyl sites for hydroxylation is 1. The van der Waals surface area contributed by atoms with Crippen LogP contribution in [0.5, 0.6) is 5.75 Å². The maximum Gasteiger partial charge on any atom is 0.121 e. The van der Waals surface area contributed by atoms with Crippen LogP contribution < -0.4 is 10.1 Å². The Hall–Kier alpha value is -1.53. The Morgan fingerprint density at radius 3 is 2.78 bits per heavy atom. The summed E-state index contributed by atoms with van der Waals surface area (Å²) in [5, 5.41) is 12.3. The molecule has 0 saturated heterocycles. The molecule has 0 amide bonds. The third kappa shape index (κ3) is 3.02. The average Bonchev–Trinajstić information content (AvgIpc) is 3.16. The van der Waals surface area contributed by atoms with Gasteiger partial charge in [-0.3, -0.25) is 0 Å². The van der Waals surface area contributed by atoms with E-state index in [1.165, 1.54) is 11.1 Å². The summed E-state index contributed by atoms with van der Waals surface area (Å²) in [5.74, 6) is 0.938. The summed E-state index contributed by atoms with van der Waals surface area (Å²) in [6.07, 6.45) is 3.10. The molecule has 96 valence electrons. The van der Waals surface area contributed by atoms with Gasteiger partial charge in [-0.1, -0.05) is 12.1 Å². The molecule has 0 unspecified atom stereocenters. The third-order valence-corrected chi connectivity index (χ3v) is 3.60. The SMILES string of the molecule is COc1ccc(CCNCC2(C#N)CC2)cc1C. The molecule has 0 radical (unpaired) electrons. The zero-order valence-electron chi connectivity index (χ0n) is 11.1. The topological polar surface area (TPSA) is 45.0 Å². The van der Waals surface area contributed by atoms with E-state index in [2.05, 4.69) is 30.4 Å². The van der Waals surface area contributed by atoms with E-state index in [0.717, 1.165) is 38.1 Å². The number of nitriles is 1. The summed E-state index contributed by atoms with van der Waals surface area (Å²) in [5.41, 5.74) is 2.43. The summed E-state index contributed by atoms with van der Waals surface area (Å²) >= 11 is 0. The van der Waals surface area contributed by atoms with Crippen LogP contribution in [0.25, 0.3) is 0 Å². The highest BCUT2D eigenvalue weighted by atomic mass is 16.5. The van der Waals surface area contributed by atoms with E-state index in [-0.39, 0.29) is 5.41 Å². The van der Waals surface area contributed by atoms with Gasteiger partial charge in [0.1, 0.15) is 5.75 Å². The molecule has 1 aliphatic rings. The van der Waals surface area contributed by atoms with E-state index >= 15 is 0 Å². The van der Waals surface area contributed by atoms with Crippen molar-refractivity contribution in [3.05, 3.63) is 29.3 Å². The van der Waals surface area contributed by atoms with Gasteiger partial charge in [0.2, 0.25) is 0 Å². The molecule has 3 nitrogen and oxygen atoms in total. The van der Waals surface area contributed by atoms with Crippen LogP contribution in [-0.4, -0.2) is 20.2 Å². The van der Waals surface area contributed by atoms with Gasteiger partial charge in [0.25, 0.3) is 0 Å². The van der Waals surface area contributed by atoms with E-state index in [9.17, 15) is 0 Å². The highest BCUT2D eigenvalue weighted by Crippen LogP contribution is 2.43. The molecule has 1 N–H and O–H groups in total. The lowest BCUT2D eigenvalue weighted by Crippen LogP contribution is -2.25. The molecule has 1 saturated carbocycles. The van der Waals surface area contributed by atoms with E-state index in [1.54, 1.807) is 7.11 Å². The van der Waals surface area contributed by atoms with Gasteiger partial charge in [-0.05, 0) is 49.9 Å². The lowest BCUT2D eigenvalue weighted by atomic mass is 10.1. The summed E-state index contributed by atoms with van der Waals surface area (Å²) in [6.45, 7) is 3.82. The Labute approximate surface area is 109 Å². The Kier molecular flexibility index (Phi) is 3.88. The van der Waals surface area contributed by atoms with Crippen molar-refractivity contribution in [3.8, 4) is 11.8 Å². The summed E-state index contributed by atoms with van der Waals surface area (Å²) in [4.78, 5) is 0. The largest absolute Gasteiger partial charge is 0.496 e. The number of rotatable bonds is 6. The van der Waals surface area contributed by atoms with Crippen LogP contribution in [0.2, 0.25) is 0 Å². The first-order chi connectivity index (χ1) is 8.69. The van der Waals surface area contributed by atoms with Crippen molar-refractivity contribution in [2.75, 3.05) is 20.2 Å². The number of ether oxygens (including phenoxy) is 1. The Morgan fingerprint density at radius 1 is 1.44 bits per heavy atom. The summed E-state index contributed by atoms with van der Waals surface area (Å²) < 4.78 is 5.24. The highest BCUT2D eigenvalue weighted by molar-refractivity contribution is 5.36. The van der Waals surface area contributed by atoms with Crippen LogP contribution in [0, 0.1) is 23.7 Å². The van der Waals surface area contributed by atoms with Crippen molar-refractivity contribution in [1.82, 2.24) is 5.32 Å². The molecule has 0 bridgehead atoms. The average molecular weight is 244 g/mol. The van der Waals surface area contributed by atoms with Crippen molar-refractivity contribution in [1.29, 1.82) is 5.26 Å². The minimum atomic E-state index is -0.0458. The molecular formula is C15H20N2O. The Balaban J connectivity index is 1.77. The maximum atomic E-state index is 8.96. The standard InChI is InChI=1S/C15H20N2O/c1-12-9-13(3-4-14(12)18-2)5-8-17-11-15(10-16)6-7-15/h3-4,9,17H,5-8,11H2,1-2H3. The fourth-order valence-corrected chi connectivity index (χ4v) is 2.14. The molecule has 1 aromatic carbocycles. The van der Waals surface area contributed by atoms with Gasteiger partial charge in [-0.25, -0.2) is 0 Å². The molecule has 18 heavy (non-hydrogen) atoms. The van der Waals surface area contributed by atoms with Crippen LogP contribution in [-0.2, 0) is 6.42 Å². The number of nitrogens with one attached hydrogen (secondary N) is 1. The first-order valence-corrected chi connectivity index (χ1v) is 6.45. The quantitative estimate of drug-likeness (QED) is 0.782. The lowest BCUT2D eigenvalue weighted by molar-refractivity contribution is 0.411. The fourth-order valence-electron chi connectivity index (χ4n) is 2.14. The highest BCUT2D eigenvalue weighted by Gasteiger charge is 2.42. The molecule has 0 aromatic heterocycles. The van der Waals surface area contributed by atoms with Crippen molar-refractivity contribution < 1.29 is 4.74 Å². The smallest absolute Gasteiger partial charge is 0.121 e. The van der Waals surface area contributed by atoms with Gasteiger partial charge >= 0.3 is 0 Å². The van der Waals surface area contributed by atoms with Crippen LogP contribution in [0.15, 0.2) is 18.2 Å². The molecule has 0 spiro atoms. The Bertz CT molecular complexity index is 458. The van der Waals surface area contributed by atoms with Crippen molar-refractivity contribution >= 4 is 0 Å². The predicted octanol–water partition coefficient (Wildman–Crippen LogP) is 2.44. The lowest BCUT2D eigenvalue weighted by Gasteiger charge is -2.09. The van der Waals surface area contributed by atoms with E-state index in [4.69, 9.17) is 10.00 Å². The second kappa shape index (κ2) is 5.41. The van der Waals surface area contributed by atoms with Gasteiger partial charge in [0.15, 0.2) is 0 Å². The third-order valence-electron chi connectivity index (χ3n) is 3.60. The minimum Gasteiger partial charge on any atom is -0.496 e. The van der Waals surface area contributed by atoms with Crippen LogP contribution in [0.4, 0.5) is 0 Å². The van der Waals surface area contributed by atoms with Crippen LogP contribution >= 0.6 is 0 Å². The molecule has 1 fully saturated rings. The first kappa shape index (κ1) is 12.9. The number of hydrogen-bond acceptors (Lipinski definition) is 3. The van der Waals surface area contributed by atoms with Crippen molar-refractivity contribution in [3.63, 3.8) is 0 Å². The van der Waals surface area contributed by atoms with Crippen molar-refractivity contribution in [2.24, 2.45) is 5.41 Å². The molecule has 3 heteroatoms. The first-order valence-electron chi connectivity index (χ1n) is 6.45. The van der Waals surface area contributed by atoms with Crippen LogP contribution in [0.1, 0.15) is 24.0 Å². The normalized spacial score (nSPS) is 16.1. The Morgan fingerprint density at radius 2 is 2.22 bits per heavy atom. The molecule has 0 atom stereocenters. The van der Waals surface area contributed by atoms with Gasteiger partial charge in [-0.15, -0.1) is 0 Å². The summed E-state index contributed by atoms with van der Waals surface area (Å²) in [6, 6.07) is 8.68. The number of benzene rings is 1. The van der Waals surface area contributed by atoms with Gasteiger partial charge < -0.3 is 10.1 Å². The maximum absolute atomic E-state index is 8.96. The monoisotopic (exact) mass is 244 g/mol. The zero-order valence-corrected chi connectivity index (χ0v) is 11.1. The molecule has 1 aliphatic carbocycles. The number of hydrogen-bond donors (Lipinski definition) is 1. The van der Waals surface area contributed by atoms with Gasteiger partial charge in [0.05, 0.1) is 18.6 Å². The summed E-state index contributed by atoms with van der Waals surface area (Å²) in [7, 11) is 1.69. The zero-order chi connectivity index (χ0) is 13.0. The molecular weight excluding hydrogens is 224 g/mol. The second-order valence-corrected chi connectivity index (χ2v) is 5.12. The molecule has 1 aromatic rings. The minimum absolute atomic E-state index is 0.0458. The second-order valence-electron chi connectivity index (χ2n) is 5.12. The van der Waals surface area contributed by atoms with E-state index in [0.29, 0.717) is 0 Å². The van der Waals surface area contributed by atoms with Gasteiger partial charge in [0, 0.05) is 6.54 Å². The van der Waals surface area contributed by atoms with E-state index < -0.39 is 0 Å². The van der Waals surface area contributed by atoms with E-state index in [1.807, 2.05) is 6.07 Å². The van der Waals surface area contributed by atoms with Crippen molar-refractivity contribution in [2.45, 2.75) is 26.2 Å². The van der Waals surface area contributed by atoms with Gasteiger partial charge in [-0.2, -0.15) is 5.26 Å². The molecule has 2 rings (SSSR count). The number of methoxy groups -OCH3 is 1.